The number of aromatic nitrogens is 2. The van der Waals surface area contributed by atoms with Gasteiger partial charge >= 0.3 is 0 Å². The standard InChI is InChI=1S/C5H9N3O2S/c1-10-5-7-4(8-11-5)3(9)2-6/h3,9H,2,6H2,1H3. The van der Waals surface area contributed by atoms with Crippen molar-refractivity contribution in [2.24, 2.45) is 5.73 Å². The van der Waals surface area contributed by atoms with Crippen LogP contribution < -0.4 is 10.5 Å². The van der Waals surface area contributed by atoms with E-state index in [9.17, 15) is 0 Å². The number of methoxy groups -OCH3 is 1. The fourth-order valence-corrected chi connectivity index (χ4v) is 1.09. The molecule has 3 N–H and O–H groups in total. The van der Waals surface area contributed by atoms with Crippen LogP contribution in [0, 0.1) is 0 Å². The van der Waals surface area contributed by atoms with Gasteiger partial charge in [0, 0.05) is 18.1 Å². The quantitative estimate of drug-likeness (QED) is 0.649. The lowest BCUT2D eigenvalue weighted by Gasteiger charge is -1.99. The number of nitrogens with zero attached hydrogens (tertiary/aromatic N) is 2. The molecule has 0 fully saturated rings. The van der Waals surface area contributed by atoms with E-state index in [2.05, 4.69) is 9.36 Å². The van der Waals surface area contributed by atoms with Crippen molar-refractivity contribution in [3.63, 3.8) is 0 Å². The highest BCUT2D eigenvalue weighted by Crippen LogP contribution is 2.16. The minimum absolute atomic E-state index is 0.125. The molecule has 5 nitrogen and oxygen atoms in total. The summed E-state index contributed by atoms with van der Waals surface area (Å²) in [4.78, 5) is 3.85. The Labute approximate surface area is 68.0 Å². The molecule has 1 atom stereocenters. The summed E-state index contributed by atoms with van der Waals surface area (Å²) < 4.78 is 8.62. The van der Waals surface area contributed by atoms with E-state index >= 15 is 0 Å². The van der Waals surface area contributed by atoms with Crippen molar-refractivity contribution in [1.82, 2.24) is 9.36 Å². The van der Waals surface area contributed by atoms with Gasteiger partial charge in [0.15, 0.2) is 5.82 Å². The topological polar surface area (TPSA) is 81.3 Å². The van der Waals surface area contributed by atoms with E-state index in [0.717, 1.165) is 11.5 Å². The van der Waals surface area contributed by atoms with Gasteiger partial charge in [-0.1, -0.05) is 0 Å². The summed E-state index contributed by atoms with van der Waals surface area (Å²) >= 11 is 1.09. The normalized spacial score (nSPS) is 13.0. The second-order valence-electron chi connectivity index (χ2n) is 1.87. The molecule has 62 valence electrons. The Bertz CT molecular complexity index is 227. The highest BCUT2D eigenvalue weighted by atomic mass is 32.1. The molecule has 1 rings (SSSR count). The van der Waals surface area contributed by atoms with Gasteiger partial charge in [0.25, 0.3) is 5.19 Å². The molecule has 0 aromatic carbocycles. The maximum absolute atomic E-state index is 9.14. The van der Waals surface area contributed by atoms with Crippen LogP contribution in [0.4, 0.5) is 0 Å². The summed E-state index contributed by atoms with van der Waals surface area (Å²) in [5.74, 6) is 0.328. The average molecular weight is 175 g/mol. The number of hydrogen-bond donors (Lipinski definition) is 2. The molecule has 0 radical (unpaired) electrons. The molecule has 11 heavy (non-hydrogen) atoms. The van der Waals surface area contributed by atoms with E-state index in [-0.39, 0.29) is 6.54 Å². The van der Waals surface area contributed by atoms with E-state index in [4.69, 9.17) is 15.6 Å². The lowest BCUT2D eigenvalue weighted by atomic mass is 10.3. The molecule has 1 aromatic rings. The van der Waals surface area contributed by atoms with Crippen molar-refractivity contribution in [2.45, 2.75) is 6.10 Å². The Kier molecular flexibility index (Phi) is 2.75. The maximum Gasteiger partial charge on any atom is 0.293 e. The minimum atomic E-state index is -0.782. The van der Waals surface area contributed by atoms with E-state index in [1.54, 1.807) is 0 Å². The highest BCUT2D eigenvalue weighted by Gasteiger charge is 2.11. The zero-order valence-electron chi connectivity index (χ0n) is 6.02. The predicted octanol–water partition coefficient (Wildman–Crippen LogP) is -0.461. The predicted molar refractivity (Wildman–Crippen MR) is 40.5 cm³/mol. The largest absolute Gasteiger partial charge is 0.472 e. The molecule has 0 saturated heterocycles. The van der Waals surface area contributed by atoms with E-state index in [1.165, 1.54) is 7.11 Å². The Balaban J connectivity index is 2.71. The molecule has 1 unspecified atom stereocenters. The molecule has 0 aliphatic heterocycles. The first-order valence-corrected chi connectivity index (χ1v) is 3.81. The third-order valence-electron chi connectivity index (χ3n) is 1.12. The van der Waals surface area contributed by atoms with Gasteiger partial charge in [-0.2, -0.15) is 9.36 Å². The van der Waals surface area contributed by atoms with Gasteiger partial charge in [-0.15, -0.1) is 0 Å². The molecule has 0 spiro atoms. The fourth-order valence-electron chi connectivity index (χ4n) is 0.544. The molecular weight excluding hydrogens is 166 g/mol. The minimum Gasteiger partial charge on any atom is -0.472 e. The SMILES string of the molecule is COc1nc(C(O)CN)ns1. The van der Waals surface area contributed by atoms with Crippen molar-refractivity contribution in [3.8, 4) is 5.19 Å². The monoisotopic (exact) mass is 175 g/mol. The molecule has 0 aliphatic rings. The summed E-state index contributed by atoms with van der Waals surface area (Å²) in [6.45, 7) is 0.125. The van der Waals surface area contributed by atoms with Gasteiger partial charge in [-0.3, -0.25) is 0 Å². The van der Waals surface area contributed by atoms with Gasteiger partial charge in [0.05, 0.1) is 7.11 Å². The number of hydrogen-bond acceptors (Lipinski definition) is 6. The van der Waals surface area contributed by atoms with Crippen molar-refractivity contribution in [2.75, 3.05) is 13.7 Å². The second-order valence-corrected chi connectivity index (χ2v) is 2.59. The van der Waals surface area contributed by atoms with Crippen molar-refractivity contribution >= 4 is 11.5 Å². The van der Waals surface area contributed by atoms with Gasteiger partial charge in [0.2, 0.25) is 0 Å². The van der Waals surface area contributed by atoms with E-state index < -0.39 is 6.10 Å². The smallest absolute Gasteiger partial charge is 0.293 e. The lowest BCUT2D eigenvalue weighted by molar-refractivity contribution is 0.177. The lowest BCUT2D eigenvalue weighted by Crippen LogP contribution is -2.12. The highest BCUT2D eigenvalue weighted by molar-refractivity contribution is 7.07. The zero-order valence-corrected chi connectivity index (χ0v) is 6.84. The summed E-state index contributed by atoms with van der Waals surface area (Å²) in [6.07, 6.45) is -0.782. The van der Waals surface area contributed by atoms with Crippen LogP contribution >= 0.6 is 11.5 Å². The Morgan fingerprint density at radius 1 is 1.82 bits per heavy atom. The summed E-state index contributed by atoms with van der Waals surface area (Å²) in [5.41, 5.74) is 5.19. The van der Waals surface area contributed by atoms with Crippen LogP contribution in [0.3, 0.4) is 0 Å². The fraction of sp³-hybridized carbons (Fsp3) is 0.600. The van der Waals surface area contributed by atoms with Gasteiger partial charge in [-0.05, 0) is 0 Å². The van der Waals surface area contributed by atoms with Crippen LogP contribution in [0.2, 0.25) is 0 Å². The number of aliphatic hydroxyl groups is 1. The molecule has 6 heteroatoms. The van der Waals surface area contributed by atoms with Crippen LogP contribution in [-0.2, 0) is 0 Å². The Hall–Kier alpha value is -0.720. The zero-order chi connectivity index (χ0) is 8.27. The van der Waals surface area contributed by atoms with Crippen LogP contribution in [0.1, 0.15) is 11.9 Å². The average Bonchev–Trinajstić information content (AvgIpc) is 2.50. The van der Waals surface area contributed by atoms with Gasteiger partial charge < -0.3 is 15.6 Å². The molecule has 0 saturated carbocycles. The maximum atomic E-state index is 9.14. The van der Waals surface area contributed by atoms with Gasteiger partial charge in [0.1, 0.15) is 6.10 Å². The summed E-state index contributed by atoms with van der Waals surface area (Å²) in [5, 5.41) is 9.58. The first-order valence-electron chi connectivity index (χ1n) is 3.03. The third-order valence-corrected chi connectivity index (χ3v) is 1.81. The van der Waals surface area contributed by atoms with Gasteiger partial charge in [-0.25, -0.2) is 0 Å². The Morgan fingerprint density at radius 3 is 3.00 bits per heavy atom. The number of rotatable bonds is 3. The van der Waals surface area contributed by atoms with Crippen LogP contribution in [0.25, 0.3) is 0 Å². The molecule has 0 amide bonds. The molecule has 0 bridgehead atoms. The van der Waals surface area contributed by atoms with Crippen molar-refractivity contribution in [3.05, 3.63) is 5.82 Å². The molecule has 0 aliphatic carbocycles. The summed E-state index contributed by atoms with van der Waals surface area (Å²) in [6, 6.07) is 0. The van der Waals surface area contributed by atoms with Crippen molar-refractivity contribution < 1.29 is 9.84 Å². The van der Waals surface area contributed by atoms with Crippen molar-refractivity contribution in [1.29, 1.82) is 0 Å². The third kappa shape index (κ3) is 1.86. The van der Waals surface area contributed by atoms with Crippen LogP contribution in [0.15, 0.2) is 0 Å². The van der Waals surface area contributed by atoms with E-state index in [1.807, 2.05) is 0 Å². The molecule has 1 aromatic heterocycles. The Morgan fingerprint density at radius 2 is 2.55 bits per heavy atom. The number of aliphatic hydroxyl groups excluding tert-OH is 1. The first kappa shape index (κ1) is 8.38. The van der Waals surface area contributed by atoms with E-state index in [0.29, 0.717) is 11.0 Å². The molecule has 1 heterocycles. The second kappa shape index (κ2) is 3.61. The summed E-state index contributed by atoms with van der Waals surface area (Å²) in [7, 11) is 1.50. The van der Waals surface area contributed by atoms with Crippen LogP contribution in [-0.4, -0.2) is 28.1 Å². The number of nitrogens with two attached hydrogens (primary N) is 1. The first-order chi connectivity index (χ1) is 5.27. The number of ether oxygens (including phenoxy) is 1. The molecular formula is C5H9N3O2S. The van der Waals surface area contributed by atoms with Crippen LogP contribution in [0.5, 0.6) is 5.19 Å².